The van der Waals surface area contributed by atoms with Crippen LogP contribution in [0.1, 0.15) is 47.4 Å². The molecule has 0 spiro atoms. The van der Waals surface area contributed by atoms with E-state index in [4.69, 9.17) is 0 Å². The zero-order chi connectivity index (χ0) is 21.5. The van der Waals surface area contributed by atoms with Gasteiger partial charge in [0.25, 0.3) is 5.91 Å². The van der Waals surface area contributed by atoms with Crippen LogP contribution in [0.25, 0.3) is 0 Å². The molecule has 0 saturated carbocycles. The third-order valence-corrected chi connectivity index (χ3v) is 5.05. The van der Waals surface area contributed by atoms with Crippen molar-refractivity contribution in [3.63, 3.8) is 0 Å². The molecule has 1 saturated heterocycles. The highest BCUT2D eigenvalue weighted by atomic mass is 19.1. The predicted molar refractivity (Wildman–Crippen MR) is 110 cm³/mol. The Hall–Kier alpha value is -3.14. The molecule has 30 heavy (non-hydrogen) atoms. The Labute approximate surface area is 174 Å². The third kappa shape index (κ3) is 5.47. The highest BCUT2D eigenvalue weighted by Crippen LogP contribution is 2.30. The van der Waals surface area contributed by atoms with Crippen LogP contribution in [0.3, 0.4) is 0 Å². The van der Waals surface area contributed by atoms with E-state index in [1.54, 1.807) is 18.2 Å². The van der Waals surface area contributed by atoms with Crippen LogP contribution in [0.4, 0.5) is 15.0 Å². The second-order valence-electron chi connectivity index (χ2n) is 7.09. The Morgan fingerprint density at radius 2 is 2.00 bits per heavy atom. The molecule has 1 fully saturated rings. The lowest BCUT2D eigenvalue weighted by atomic mass is 9.90. The molecule has 0 aliphatic carbocycles. The fourth-order valence-corrected chi connectivity index (χ4v) is 3.51. The largest absolute Gasteiger partial charge is 0.354 e. The van der Waals surface area contributed by atoms with Crippen LogP contribution in [0, 0.1) is 5.95 Å². The van der Waals surface area contributed by atoms with Gasteiger partial charge < -0.3 is 10.6 Å². The smallest absolute Gasteiger partial charge is 0.320 e. The predicted octanol–water partition coefficient (Wildman–Crippen LogP) is 1.89. The van der Waals surface area contributed by atoms with Gasteiger partial charge in [-0.15, -0.1) is 0 Å². The zero-order valence-corrected chi connectivity index (χ0v) is 17.1. The molecule has 1 aliphatic heterocycles. The van der Waals surface area contributed by atoms with Gasteiger partial charge in [0.05, 0.1) is 5.69 Å². The molecule has 160 valence electrons. The summed E-state index contributed by atoms with van der Waals surface area (Å²) in [6.07, 6.45) is 3.00. The molecule has 1 aliphatic rings. The molecular formula is C20H26FN7O2. The van der Waals surface area contributed by atoms with Crippen molar-refractivity contribution in [2.24, 2.45) is 0 Å². The minimum Gasteiger partial charge on any atom is -0.354 e. The van der Waals surface area contributed by atoms with Gasteiger partial charge in [0.2, 0.25) is 5.95 Å². The van der Waals surface area contributed by atoms with Gasteiger partial charge in [0.1, 0.15) is 17.8 Å². The minimum atomic E-state index is -0.577. The maximum Gasteiger partial charge on any atom is 0.320 e. The number of hydrogen-bond donors (Lipinski definition) is 3. The molecule has 3 rings (SSSR count). The number of carbonyl (C=O) groups excluding carboxylic acids is 2. The van der Waals surface area contributed by atoms with Crippen LogP contribution in [0.15, 0.2) is 24.5 Å². The van der Waals surface area contributed by atoms with Crippen molar-refractivity contribution in [2.45, 2.75) is 32.2 Å². The molecule has 3 amide bonds. The summed E-state index contributed by atoms with van der Waals surface area (Å²) in [5.74, 6) is -0.467. The highest BCUT2D eigenvalue weighted by molar-refractivity contribution is 5.92. The van der Waals surface area contributed by atoms with Gasteiger partial charge in [-0.1, -0.05) is 6.07 Å². The van der Waals surface area contributed by atoms with Gasteiger partial charge >= 0.3 is 6.03 Å². The van der Waals surface area contributed by atoms with Crippen LogP contribution in [0.5, 0.6) is 0 Å². The number of rotatable bonds is 6. The number of halogens is 1. The molecule has 2 aromatic rings. The van der Waals surface area contributed by atoms with Crippen LogP contribution in [-0.2, 0) is 6.54 Å². The first kappa shape index (κ1) is 21.6. The van der Waals surface area contributed by atoms with Gasteiger partial charge in [0, 0.05) is 31.8 Å². The van der Waals surface area contributed by atoms with Crippen LogP contribution in [-0.4, -0.2) is 58.5 Å². The van der Waals surface area contributed by atoms with Crippen molar-refractivity contribution in [3.8, 4) is 0 Å². The van der Waals surface area contributed by atoms with E-state index in [0.29, 0.717) is 24.5 Å². The summed E-state index contributed by atoms with van der Waals surface area (Å²) in [6, 6.07) is 4.67. The molecule has 0 bridgehead atoms. The molecular weight excluding hydrogens is 389 g/mol. The highest BCUT2D eigenvalue weighted by Gasteiger charge is 2.24. The first-order valence-corrected chi connectivity index (χ1v) is 9.96. The topological polar surface area (TPSA) is 112 Å². The Bertz CT molecular complexity index is 900. The van der Waals surface area contributed by atoms with E-state index in [-0.39, 0.29) is 17.6 Å². The molecule has 3 N–H and O–H groups in total. The second-order valence-corrected chi connectivity index (χ2v) is 7.09. The lowest BCUT2D eigenvalue weighted by Gasteiger charge is -2.31. The third-order valence-electron chi connectivity index (χ3n) is 5.05. The van der Waals surface area contributed by atoms with Gasteiger partial charge in [-0.2, -0.15) is 4.39 Å². The standard InChI is InChI=1S/C20H26FN7O2/c1-3-23-20(30)27-17-10-14(24-12-25-17)11-28-8-6-13(7-9-28)15-4-5-16(19(29)22-2)26-18(15)21/h4-5,10,12-13H,3,6-9,11H2,1-2H3,(H,22,29)(H2,23,24,25,27,30). The zero-order valence-electron chi connectivity index (χ0n) is 17.1. The van der Waals surface area contributed by atoms with E-state index in [1.165, 1.54) is 13.4 Å². The lowest BCUT2D eigenvalue weighted by molar-refractivity contribution is 0.0957. The van der Waals surface area contributed by atoms with Gasteiger partial charge in [-0.3, -0.25) is 15.0 Å². The summed E-state index contributed by atoms with van der Waals surface area (Å²) in [5.41, 5.74) is 1.44. The van der Waals surface area contributed by atoms with Crippen LogP contribution < -0.4 is 16.0 Å². The molecule has 0 aromatic carbocycles. The number of carbonyl (C=O) groups is 2. The van der Waals surface area contributed by atoms with Crippen molar-refractivity contribution >= 4 is 17.8 Å². The summed E-state index contributed by atoms with van der Waals surface area (Å²) in [6.45, 7) is 4.56. The number of nitrogens with zero attached hydrogens (tertiary/aromatic N) is 4. The SMILES string of the molecule is CCNC(=O)Nc1cc(CN2CCC(c3ccc(C(=O)NC)nc3F)CC2)ncn1. The minimum absolute atomic E-state index is 0.0628. The summed E-state index contributed by atoms with van der Waals surface area (Å²) >= 11 is 0. The van der Waals surface area contributed by atoms with Crippen molar-refractivity contribution < 1.29 is 14.0 Å². The Kier molecular flexibility index (Phi) is 7.23. The first-order chi connectivity index (χ1) is 14.5. The number of nitrogens with one attached hydrogen (secondary N) is 3. The van der Waals surface area contributed by atoms with Crippen LogP contribution in [0.2, 0.25) is 0 Å². The first-order valence-electron chi connectivity index (χ1n) is 9.96. The van der Waals surface area contributed by atoms with Gasteiger partial charge in [0.15, 0.2) is 0 Å². The molecule has 2 aromatic heterocycles. The number of anilines is 1. The summed E-state index contributed by atoms with van der Waals surface area (Å²) in [4.78, 5) is 37.6. The molecule has 9 nitrogen and oxygen atoms in total. The van der Waals surface area contributed by atoms with Gasteiger partial charge in [-0.05, 0) is 44.8 Å². The fraction of sp³-hybridized carbons (Fsp3) is 0.450. The van der Waals surface area contributed by atoms with Crippen molar-refractivity contribution in [2.75, 3.05) is 32.0 Å². The molecule has 10 heteroatoms. The number of aromatic nitrogens is 3. The average Bonchev–Trinajstić information content (AvgIpc) is 2.74. The van der Waals surface area contributed by atoms with E-state index < -0.39 is 11.9 Å². The summed E-state index contributed by atoms with van der Waals surface area (Å²) < 4.78 is 14.4. The Balaban J connectivity index is 1.56. The number of urea groups is 1. The molecule has 0 radical (unpaired) electrons. The van der Waals surface area contributed by atoms with E-state index in [9.17, 15) is 14.0 Å². The van der Waals surface area contributed by atoms with E-state index in [0.717, 1.165) is 31.6 Å². The number of likely N-dealkylation sites (tertiary alicyclic amines) is 1. The molecule has 0 unspecified atom stereocenters. The summed E-state index contributed by atoms with van der Waals surface area (Å²) in [5, 5.41) is 7.77. The van der Waals surface area contributed by atoms with Crippen molar-refractivity contribution in [1.29, 1.82) is 0 Å². The van der Waals surface area contributed by atoms with E-state index in [1.807, 2.05) is 6.92 Å². The Morgan fingerprint density at radius 3 is 2.67 bits per heavy atom. The number of pyridine rings is 1. The molecule has 3 heterocycles. The lowest BCUT2D eigenvalue weighted by Crippen LogP contribution is -2.33. The maximum atomic E-state index is 14.4. The van der Waals surface area contributed by atoms with Crippen LogP contribution >= 0.6 is 0 Å². The number of amides is 3. The monoisotopic (exact) mass is 415 g/mol. The summed E-state index contributed by atoms with van der Waals surface area (Å²) in [7, 11) is 1.49. The van der Waals surface area contributed by atoms with Crippen molar-refractivity contribution in [3.05, 3.63) is 47.4 Å². The van der Waals surface area contributed by atoms with E-state index >= 15 is 0 Å². The van der Waals surface area contributed by atoms with Gasteiger partial charge in [-0.25, -0.2) is 19.7 Å². The van der Waals surface area contributed by atoms with E-state index in [2.05, 4.69) is 35.8 Å². The quantitative estimate of drug-likeness (QED) is 0.621. The number of piperidine rings is 1. The Morgan fingerprint density at radius 1 is 1.23 bits per heavy atom. The number of hydrogen-bond acceptors (Lipinski definition) is 6. The molecule has 0 atom stereocenters. The normalized spacial score (nSPS) is 14.9. The average molecular weight is 415 g/mol. The second kappa shape index (κ2) is 10.1. The fourth-order valence-electron chi connectivity index (χ4n) is 3.51. The van der Waals surface area contributed by atoms with Crippen molar-refractivity contribution in [1.82, 2.24) is 30.5 Å². The maximum absolute atomic E-state index is 14.4.